The highest BCUT2D eigenvalue weighted by Gasteiger charge is 2.56. The molecule has 0 bridgehead atoms. The van der Waals surface area contributed by atoms with Crippen LogP contribution in [0.5, 0.6) is 0 Å². The molecule has 0 aliphatic carbocycles. The number of aliphatic hydroxyl groups excluding tert-OH is 7. The van der Waals surface area contributed by atoms with Gasteiger partial charge in [-0.15, -0.1) is 0 Å². The Morgan fingerprint density at radius 2 is 0.757 bits per heavy atom. The lowest BCUT2D eigenvalue weighted by Gasteiger charge is -2.27. The summed E-state index contributed by atoms with van der Waals surface area (Å²) in [7, 11) is -22.8. The number of nitrogens with zero attached hydrogens (tertiary/aromatic N) is 15. The number of ether oxygens (including phenoxy) is 5. The van der Waals surface area contributed by atoms with E-state index in [1.165, 1.54) is 15.5 Å². The monoisotopic (exact) mass is 1540 g/mol. The zero-order valence-corrected chi connectivity index (χ0v) is 55.3. The van der Waals surface area contributed by atoms with Crippen LogP contribution in [0.15, 0.2) is 76.9 Å². The van der Waals surface area contributed by atoms with Gasteiger partial charge in [-0.05, 0) is 6.07 Å². The second kappa shape index (κ2) is 28.7. The fourth-order valence-corrected chi connectivity index (χ4v) is 15.6. The first-order chi connectivity index (χ1) is 48.8. The highest BCUT2D eigenvalue weighted by molar-refractivity contribution is 7.48. The maximum absolute atomic E-state index is 14.3. The largest absolute Gasteiger partial charge is 0.472 e. The van der Waals surface area contributed by atoms with Gasteiger partial charge in [0.25, 0.3) is 5.56 Å². The van der Waals surface area contributed by atoms with E-state index >= 15 is 0 Å². The van der Waals surface area contributed by atoms with Crippen LogP contribution in [0.4, 0.5) is 23.3 Å². The quantitative estimate of drug-likeness (QED) is 0.0224. The molecule has 5 aliphatic rings. The van der Waals surface area contributed by atoms with Crippen LogP contribution in [0, 0.1) is 0 Å². The van der Waals surface area contributed by atoms with Crippen LogP contribution in [0.3, 0.4) is 0 Å². The zero-order valence-electron chi connectivity index (χ0n) is 51.7. The van der Waals surface area contributed by atoms with Crippen LogP contribution in [0.1, 0.15) is 31.1 Å². The molecular weight excluding hydrogens is 1480 g/mol. The third-order valence-corrected chi connectivity index (χ3v) is 20.6. The van der Waals surface area contributed by atoms with Gasteiger partial charge >= 0.3 is 42.7 Å². The number of anilines is 4. The molecule has 0 saturated carbocycles. The standard InChI is InChI=1S/C48H60N20O31P4/c49-21-1-3-64(47(77)62-21)43-29(74)33(97-100(79,80)87-6-17-26(71)27(72)42(92-17)66-13-59-23-36(50)53-10-56-39(23)66)18(93-43)8-89-103(85,86)99-35-20(95-46(31(35)76)68-15-61-25-38(52)55-12-58-41(25)68)9-90-102(83,84)98-34-19(94-44(30(34)75)65-4-2-22(70)63-48(65)78)7-88-101(81,82)96-32-16(5-69)91-45(28(32)73)67-14-60-24-37(51)54-11-57-40(24)67/h1-4,10-20,26-35,42-46,69,71-76H,5-9H2,(H,79,80)(H,81,82)(H,83,84)(H,85,86)(H2,49,62,77)(H2,50,53,56)(H2,51,54,57)(H2,52,55,58)(H,63,70,78)/t16-,17-,18-,19-,20-,26-,27-,28-,29-,30-,31-,32-,33-,34-,35-,42-,43-,44-,45-,46-/m1/s1. The summed E-state index contributed by atoms with van der Waals surface area (Å²) in [5.41, 5.74) is 20.2. The topological polar surface area (TPSA) is 735 Å². The van der Waals surface area contributed by atoms with Crippen LogP contribution in [0.25, 0.3) is 33.5 Å². The van der Waals surface area contributed by atoms with Crippen molar-refractivity contribution in [2.24, 2.45) is 0 Å². The molecule has 24 atom stereocenters. The number of nitrogens with two attached hydrogens (primary N) is 4. The first-order valence-corrected chi connectivity index (χ1v) is 35.8. The lowest BCUT2D eigenvalue weighted by molar-refractivity contribution is -0.0655. The Kier molecular flexibility index (Phi) is 20.5. The summed E-state index contributed by atoms with van der Waals surface area (Å²) in [6, 6.07) is 1.90. The molecule has 8 aromatic heterocycles. The van der Waals surface area contributed by atoms with Gasteiger partial charge in [0, 0.05) is 18.5 Å². The Bertz CT molecular complexity index is 4860. The van der Waals surface area contributed by atoms with E-state index in [0.717, 1.165) is 60.7 Å². The molecule has 0 spiro atoms. The summed E-state index contributed by atoms with van der Waals surface area (Å²) < 4.78 is 132. The summed E-state index contributed by atoms with van der Waals surface area (Å²) >= 11 is 0. The Morgan fingerprint density at radius 1 is 0.427 bits per heavy atom. The molecular formula is C48H60N20O31P4. The fourth-order valence-electron chi connectivity index (χ4n) is 11.8. The Morgan fingerprint density at radius 3 is 1.14 bits per heavy atom. The number of aromatic nitrogens is 16. The number of nitrogens with one attached hydrogen (secondary N) is 1. The van der Waals surface area contributed by atoms with Gasteiger partial charge in [-0.2, -0.15) is 4.98 Å². The molecule has 558 valence electrons. The molecule has 0 amide bonds. The van der Waals surface area contributed by atoms with E-state index in [2.05, 4.69) is 49.8 Å². The second-order valence-electron chi connectivity index (χ2n) is 23.1. The van der Waals surface area contributed by atoms with Gasteiger partial charge in [-0.25, -0.2) is 72.7 Å². The van der Waals surface area contributed by atoms with Gasteiger partial charge < -0.3 is 102 Å². The summed E-state index contributed by atoms with van der Waals surface area (Å²) in [6.45, 7) is -5.88. The van der Waals surface area contributed by atoms with Crippen LogP contribution >= 0.6 is 31.3 Å². The number of phosphoric acid groups is 4. The fraction of sp³-hybridized carbons (Fsp3) is 0.521. The molecule has 55 heteroatoms. The van der Waals surface area contributed by atoms with E-state index in [1.54, 1.807) is 0 Å². The van der Waals surface area contributed by atoms with Crippen molar-refractivity contribution in [3.8, 4) is 0 Å². The molecule has 20 N–H and O–H groups in total. The number of imidazole rings is 3. The molecule has 5 fully saturated rings. The third-order valence-electron chi connectivity index (χ3n) is 16.6. The first-order valence-electron chi connectivity index (χ1n) is 29.8. The van der Waals surface area contributed by atoms with E-state index < -0.39 is 204 Å². The molecule has 8 aromatic rings. The van der Waals surface area contributed by atoms with Crippen molar-refractivity contribution in [2.45, 2.75) is 123 Å². The minimum atomic E-state index is -5.85. The van der Waals surface area contributed by atoms with Crippen LogP contribution in [0.2, 0.25) is 0 Å². The van der Waals surface area contributed by atoms with Crippen molar-refractivity contribution in [3.05, 3.63) is 93.8 Å². The number of fused-ring (bicyclic) bond motifs is 3. The smallest absolute Gasteiger partial charge is 0.394 e. The SMILES string of the molecule is Nc1ccn([C@@H]2O[C@H](COP(=O)(O)O[C@H]3[C@@H](O)[C@H](n4cnc5c(N)ncnc54)O[C@@H]3COP(=O)(O)O[C@H]3[C@@H](O)[C@H](n4ccc(=O)[nH]c4=O)O[C@@H]3COP(=O)(O)O[C@H]3[C@@H](O)[C@H](n4cnc5c(N)ncnc54)O[C@@H]3CO)[C@@H](OP(=O)(O)OC[C@H]3O[C@@H](n4cnc5c(N)ncnc54)[C@H](O)[C@@H]3O)[C@H]2O)c(=O)n1. The molecule has 13 rings (SSSR count). The molecule has 13 heterocycles. The van der Waals surface area contributed by atoms with Gasteiger partial charge in [-0.3, -0.25) is 68.8 Å². The molecule has 4 unspecified atom stereocenters. The van der Waals surface area contributed by atoms with Crippen molar-refractivity contribution in [2.75, 3.05) is 56.0 Å². The van der Waals surface area contributed by atoms with Gasteiger partial charge in [0.05, 0.1) is 52.0 Å². The third kappa shape index (κ3) is 14.8. The molecule has 5 aliphatic heterocycles. The maximum Gasteiger partial charge on any atom is 0.472 e. The van der Waals surface area contributed by atoms with Crippen LogP contribution in [-0.4, -0.2) is 258 Å². The van der Waals surface area contributed by atoms with Crippen molar-refractivity contribution in [1.29, 1.82) is 0 Å². The van der Waals surface area contributed by atoms with Crippen LogP contribution < -0.4 is 39.9 Å². The van der Waals surface area contributed by atoms with E-state index in [0.29, 0.717) is 9.13 Å². The molecule has 0 aromatic carbocycles. The van der Waals surface area contributed by atoms with Gasteiger partial charge in [0.15, 0.2) is 65.5 Å². The van der Waals surface area contributed by atoms with E-state index in [4.69, 9.17) is 82.8 Å². The molecule has 51 nitrogen and oxygen atoms in total. The summed E-state index contributed by atoms with van der Waals surface area (Å²) in [4.78, 5) is 125. The maximum atomic E-state index is 14.3. The molecule has 103 heavy (non-hydrogen) atoms. The van der Waals surface area contributed by atoms with Crippen molar-refractivity contribution in [1.82, 2.24) is 77.7 Å². The minimum absolute atomic E-state index is 0.0366. The Labute approximate surface area is 570 Å². The summed E-state index contributed by atoms with van der Waals surface area (Å²) in [6.07, 6.45) is -30.4. The van der Waals surface area contributed by atoms with Crippen molar-refractivity contribution >= 4 is 88.1 Å². The van der Waals surface area contributed by atoms with Gasteiger partial charge in [0.2, 0.25) is 0 Å². The number of H-pyrrole nitrogens is 1. The lowest BCUT2D eigenvalue weighted by atomic mass is 10.1. The average Bonchev–Trinajstić information content (AvgIpc) is 1.63. The second-order valence-corrected chi connectivity index (χ2v) is 28.7. The van der Waals surface area contributed by atoms with E-state index in [1.807, 2.05) is 4.98 Å². The number of aromatic amines is 1. The van der Waals surface area contributed by atoms with Crippen molar-refractivity contribution < 1.29 is 133 Å². The van der Waals surface area contributed by atoms with Crippen LogP contribution in [-0.2, 0) is 78.1 Å². The van der Waals surface area contributed by atoms with E-state index in [-0.39, 0.29) is 56.8 Å². The number of rotatable bonds is 26. The lowest BCUT2D eigenvalue weighted by Crippen LogP contribution is -2.39. The molecule has 0 radical (unpaired) electrons. The Hall–Kier alpha value is -7.63. The minimum Gasteiger partial charge on any atom is -0.394 e. The van der Waals surface area contributed by atoms with Gasteiger partial charge in [-0.1, -0.05) is 0 Å². The number of hydrogen-bond acceptors (Lipinski definition) is 41. The zero-order chi connectivity index (χ0) is 73.5. The highest BCUT2D eigenvalue weighted by Crippen LogP contribution is 2.55. The predicted octanol–water partition coefficient (Wildman–Crippen LogP) is -6.70. The normalized spacial score (nSPS) is 32.7. The summed E-state index contributed by atoms with van der Waals surface area (Å²) in [5.74, 6) is -0.580. The van der Waals surface area contributed by atoms with E-state index in [9.17, 15) is 88.0 Å². The van der Waals surface area contributed by atoms with Gasteiger partial charge in [0.1, 0.15) is 133 Å². The molecule has 5 saturated heterocycles. The predicted molar refractivity (Wildman–Crippen MR) is 329 cm³/mol. The number of nitrogen functional groups attached to an aromatic ring is 4. The number of hydrogen-bond donors (Lipinski definition) is 16. The highest BCUT2D eigenvalue weighted by atomic mass is 31.2. The summed E-state index contributed by atoms with van der Waals surface area (Å²) in [5, 5.41) is 78.8. The van der Waals surface area contributed by atoms with Crippen molar-refractivity contribution in [3.63, 3.8) is 0 Å². The Balaban J connectivity index is 0.715. The first kappa shape index (κ1) is 73.7. The average molecular weight is 1540 g/mol. The number of aliphatic hydroxyl groups is 7. The number of phosphoric ester groups is 4.